The minimum absolute atomic E-state index is 0.00864. The number of aliphatic imine (C=N–C) groups is 1. The number of benzene rings is 1. The summed E-state index contributed by atoms with van der Waals surface area (Å²) in [6.45, 7) is 5.95. The van der Waals surface area contributed by atoms with E-state index in [0.29, 0.717) is 25.6 Å². The van der Waals surface area contributed by atoms with E-state index in [0.717, 1.165) is 35.4 Å². The van der Waals surface area contributed by atoms with Crippen molar-refractivity contribution in [1.82, 2.24) is 4.98 Å². The lowest BCUT2D eigenvalue weighted by Gasteiger charge is -2.21. The van der Waals surface area contributed by atoms with Gasteiger partial charge in [-0.05, 0) is 56.5 Å². The molecule has 0 atom stereocenters. The number of carbonyl (C=O) groups is 1. The van der Waals surface area contributed by atoms with Crippen LogP contribution in [0.1, 0.15) is 43.4 Å². The van der Waals surface area contributed by atoms with E-state index in [1.807, 2.05) is 38.1 Å². The topological polar surface area (TPSA) is 72.8 Å². The Morgan fingerprint density at radius 1 is 1.21 bits per heavy atom. The number of pyridine rings is 1. The Balaban J connectivity index is 1.53. The lowest BCUT2D eigenvalue weighted by atomic mass is 9.99. The predicted molar refractivity (Wildman–Crippen MR) is 108 cm³/mol. The van der Waals surface area contributed by atoms with Gasteiger partial charge in [-0.3, -0.25) is 9.79 Å². The predicted octanol–water partition coefficient (Wildman–Crippen LogP) is 3.58. The number of hydrogen-bond donors (Lipinski definition) is 1. The molecular formula is C22H25N3O3. The molecular weight excluding hydrogens is 354 g/mol. The monoisotopic (exact) mass is 379 g/mol. The third-order valence-electron chi connectivity index (χ3n) is 4.99. The summed E-state index contributed by atoms with van der Waals surface area (Å²) in [5.74, 6) is 1.39. The van der Waals surface area contributed by atoms with Gasteiger partial charge in [0.25, 0.3) is 0 Å². The number of rotatable bonds is 5. The van der Waals surface area contributed by atoms with Crippen LogP contribution < -0.4 is 10.1 Å². The number of hydrogen-bond acceptors (Lipinski definition) is 5. The SMILES string of the molecule is CC(C)Oc1ccc2c(c1)C(c1ccnc(NC(=O)C3CCOCC3)c1)=NC2. The van der Waals surface area contributed by atoms with E-state index in [1.165, 1.54) is 5.56 Å². The highest BCUT2D eigenvalue weighted by molar-refractivity contribution is 6.15. The molecule has 0 spiro atoms. The number of nitrogens with one attached hydrogen (secondary N) is 1. The summed E-state index contributed by atoms with van der Waals surface area (Å²) in [5.41, 5.74) is 4.10. The van der Waals surface area contributed by atoms with E-state index in [9.17, 15) is 4.79 Å². The first-order valence-electron chi connectivity index (χ1n) is 9.79. The van der Waals surface area contributed by atoms with Gasteiger partial charge in [0.2, 0.25) is 5.91 Å². The molecule has 1 fully saturated rings. The Hall–Kier alpha value is -2.73. The second-order valence-electron chi connectivity index (χ2n) is 7.46. The molecule has 0 aliphatic carbocycles. The Labute approximate surface area is 165 Å². The van der Waals surface area contributed by atoms with E-state index in [4.69, 9.17) is 14.5 Å². The minimum atomic E-state index is -0.0144. The summed E-state index contributed by atoms with van der Waals surface area (Å²) in [7, 11) is 0. The zero-order valence-electron chi connectivity index (χ0n) is 16.3. The zero-order valence-corrected chi connectivity index (χ0v) is 16.3. The Morgan fingerprint density at radius 3 is 2.82 bits per heavy atom. The fourth-order valence-electron chi connectivity index (χ4n) is 3.59. The van der Waals surface area contributed by atoms with Gasteiger partial charge in [0.05, 0.1) is 18.4 Å². The van der Waals surface area contributed by atoms with Crippen LogP contribution in [0.25, 0.3) is 0 Å². The lowest BCUT2D eigenvalue weighted by Crippen LogP contribution is -2.28. The third kappa shape index (κ3) is 4.07. The Bertz CT molecular complexity index is 902. The molecule has 1 aromatic heterocycles. The minimum Gasteiger partial charge on any atom is -0.491 e. The molecule has 2 aromatic rings. The maximum absolute atomic E-state index is 12.5. The maximum Gasteiger partial charge on any atom is 0.228 e. The summed E-state index contributed by atoms with van der Waals surface area (Å²) < 4.78 is 11.2. The largest absolute Gasteiger partial charge is 0.491 e. The summed E-state index contributed by atoms with van der Waals surface area (Å²) in [4.78, 5) is 21.5. The summed E-state index contributed by atoms with van der Waals surface area (Å²) in [5, 5.41) is 2.95. The van der Waals surface area contributed by atoms with Crippen LogP contribution in [-0.4, -0.2) is 35.9 Å². The first-order valence-corrected chi connectivity index (χ1v) is 9.79. The number of fused-ring (bicyclic) bond motifs is 1. The van der Waals surface area contributed by atoms with Crippen LogP contribution >= 0.6 is 0 Å². The van der Waals surface area contributed by atoms with Crippen molar-refractivity contribution in [3.05, 3.63) is 53.2 Å². The molecule has 0 bridgehead atoms. The van der Waals surface area contributed by atoms with Gasteiger partial charge in [-0.25, -0.2) is 4.98 Å². The van der Waals surface area contributed by atoms with Crippen LogP contribution in [0.4, 0.5) is 5.82 Å². The molecule has 0 unspecified atom stereocenters. The molecule has 2 aliphatic rings. The first-order chi connectivity index (χ1) is 13.6. The van der Waals surface area contributed by atoms with Crippen molar-refractivity contribution >= 4 is 17.4 Å². The van der Waals surface area contributed by atoms with Gasteiger partial charge in [-0.15, -0.1) is 0 Å². The molecule has 6 heteroatoms. The van der Waals surface area contributed by atoms with Crippen molar-refractivity contribution < 1.29 is 14.3 Å². The van der Waals surface area contributed by atoms with Crippen molar-refractivity contribution in [1.29, 1.82) is 0 Å². The number of anilines is 1. The average Bonchev–Trinajstić information content (AvgIpc) is 3.11. The van der Waals surface area contributed by atoms with E-state index < -0.39 is 0 Å². The van der Waals surface area contributed by atoms with Gasteiger partial charge in [0, 0.05) is 36.5 Å². The Kier molecular flexibility index (Phi) is 5.39. The fourth-order valence-corrected chi connectivity index (χ4v) is 3.59. The third-order valence-corrected chi connectivity index (χ3v) is 4.99. The van der Waals surface area contributed by atoms with Gasteiger partial charge in [-0.1, -0.05) is 6.07 Å². The Morgan fingerprint density at radius 2 is 2.04 bits per heavy atom. The van der Waals surface area contributed by atoms with Crippen LogP contribution in [0.2, 0.25) is 0 Å². The normalized spacial score (nSPS) is 16.6. The van der Waals surface area contributed by atoms with E-state index in [-0.39, 0.29) is 17.9 Å². The van der Waals surface area contributed by atoms with Crippen molar-refractivity contribution in [2.45, 2.75) is 39.3 Å². The highest BCUT2D eigenvalue weighted by Crippen LogP contribution is 2.28. The zero-order chi connectivity index (χ0) is 19.5. The van der Waals surface area contributed by atoms with Gasteiger partial charge in [-0.2, -0.15) is 0 Å². The standard InChI is InChI=1S/C22H25N3O3/c1-14(2)28-18-4-3-17-13-24-21(19(17)12-18)16-5-8-23-20(11-16)25-22(26)15-6-9-27-10-7-15/h3-5,8,11-12,14-15H,6-7,9-10,13H2,1-2H3,(H,23,25,26). The lowest BCUT2D eigenvalue weighted by molar-refractivity contribution is -0.122. The van der Waals surface area contributed by atoms with Gasteiger partial charge < -0.3 is 14.8 Å². The van der Waals surface area contributed by atoms with Crippen LogP contribution in [0, 0.1) is 5.92 Å². The molecule has 1 amide bonds. The quantitative estimate of drug-likeness (QED) is 0.862. The molecule has 28 heavy (non-hydrogen) atoms. The van der Waals surface area contributed by atoms with Gasteiger partial charge in [0.1, 0.15) is 11.6 Å². The highest BCUT2D eigenvalue weighted by atomic mass is 16.5. The van der Waals surface area contributed by atoms with E-state index in [2.05, 4.69) is 16.4 Å². The van der Waals surface area contributed by atoms with Crippen LogP contribution in [0.3, 0.4) is 0 Å². The van der Waals surface area contributed by atoms with Crippen LogP contribution in [-0.2, 0) is 16.1 Å². The molecule has 146 valence electrons. The van der Waals surface area contributed by atoms with Gasteiger partial charge in [0.15, 0.2) is 0 Å². The average molecular weight is 379 g/mol. The highest BCUT2D eigenvalue weighted by Gasteiger charge is 2.23. The van der Waals surface area contributed by atoms with Gasteiger partial charge >= 0.3 is 0 Å². The van der Waals surface area contributed by atoms with Crippen molar-refractivity contribution in [2.75, 3.05) is 18.5 Å². The molecule has 1 N–H and O–H groups in total. The second-order valence-corrected chi connectivity index (χ2v) is 7.46. The van der Waals surface area contributed by atoms with Crippen LogP contribution in [0.5, 0.6) is 5.75 Å². The molecule has 0 saturated carbocycles. The molecule has 1 saturated heterocycles. The summed E-state index contributed by atoms with van der Waals surface area (Å²) in [6.07, 6.45) is 3.34. The van der Waals surface area contributed by atoms with Crippen molar-refractivity contribution in [2.24, 2.45) is 10.9 Å². The first kappa shape index (κ1) is 18.6. The summed E-state index contributed by atoms with van der Waals surface area (Å²) in [6, 6.07) is 9.92. The molecule has 6 nitrogen and oxygen atoms in total. The molecule has 1 aromatic carbocycles. The number of ether oxygens (including phenoxy) is 2. The number of amides is 1. The van der Waals surface area contributed by atoms with Crippen LogP contribution in [0.15, 0.2) is 41.5 Å². The fraction of sp³-hybridized carbons (Fsp3) is 0.409. The number of carbonyl (C=O) groups excluding carboxylic acids is 1. The second kappa shape index (κ2) is 8.10. The number of nitrogens with zero attached hydrogens (tertiary/aromatic N) is 2. The van der Waals surface area contributed by atoms with Crippen molar-refractivity contribution in [3.8, 4) is 5.75 Å². The molecule has 4 rings (SSSR count). The number of aromatic nitrogens is 1. The molecule has 2 aliphatic heterocycles. The maximum atomic E-state index is 12.5. The van der Waals surface area contributed by atoms with E-state index in [1.54, 1.807) is 6.20 Å². The van der Waals surface area contributed by atoms with E-state index >= 15 is 0 Å². The van der Waals surface area contributed by atoms with Crippen molar-refractivity contribution in [3.63, 3.8) is 0 Å². The summed E-state index contributed by atoms with van der Waals surface area (Å²) >= 11 is 0. The molecule has 3 heterocycles. The molecule has 0 radical (unpaired) electrons. The smallest absolute Gasteiger partial charge is 0.228 e.